The average Bonchev–Trinajstić information content (AvgIpc) is 3.27. The van der Waals surface area contributed by atoms with Crippen LogP contribution in [0, 0.1) is 0 Å². The van der Waals surface area contributed by atoms with Crippen molar-refractivity contribution in [1.82, 2.24) is 9.80 Å². The molecule has 1 fully saturated rings. The Hall–Kier alpha value is -2.48. The summed E-state index contributed by atoms with van der Waals surface area (Å²) in [7, 11) is 0. The Morgan fingerprint density at radius 2 is 1.72 bits per heavy atom. The molecule has 4 rings (SSSR count). The Bertz CT molecular complexity index is 883. The highest BCUT2D eigenvalue weighted by Gasteiger charge is 2.18. The Balaban J connectivity index is 0.00000289. The maximum absolute atomic E-state index is 6.17. The van der Waals surface area contributed by atoms with E-state index in [1.807, 2.05) is 30.3 Å². The van der Waals surface area contributed by atoms with E-state index in [0.717, 1.165) is 75.1 Å². The Morgan fingerprint density at radius 3 is 2.47 bits per heavy atom. The number of piperazine rings is 1. The van der Waals surface area contributed by atoms with Gasteiger partial charge in [-0.15, -0.1) is 12.4 Å². The number of halogens is 1. The second kappa shape index (κ2) is 11.9. The van der Waals surface area contributed by atoms with Crippen LogP contribution in [0.4, 0.5) is 0 Å². The SMILES string of the molecule is CCCOc1ccc(C(N)=NCCN2CCN(Cc3ccc4c(c3)OCO4)CC2)cc1.Cl. The van der Waals surface area contributed by atoms with Crippen molar-refractivity contribution in [1.29, 1.82) is 0 Å². The number of nitrogens with two attached hydrogens (primary N) is 1. The summed E-state index contributed by atoms with van der Waals surface area (Å²) in [6.45, 7) is 9.91. The molecular formula is C24H33ClN4O3. The van der Waals surface area contributed by atoms with E-state index in [1.54, 1.807) is 0 Å². The summed E-state index contributed by atoms with van der Waals surface area (Å²) < 4.78 is 16.5. The van der Waals surface area contributed by atoms with Crippen LogP contribution >= 0.6 is 12.4 Å². The molecule has 2 aliphatic heterocycles. The molecule has 0 saturated carbocycles. The van der Waals surface area contributed by atoms with E-state index in [4.69, 9.17) is 19.9 Å². The third-order valence-electron chi connectivity index (χ3n) is 5.63. The van der Waals surface area contributed by atoms with Crippen molar-refractivity contribution in [3.63, 3.8) is 0 Å². The fraction of sp³-hybridized carbons (Fsp3) is 0.458. The molecule has 2 heterocycles. The lowest BCUT2D eigenvalue weighted by molar-refractivity contribution is 0.130. The molecule has 8 heteroatoms. The maximum Gasteiger partial charge on any atom is 0.231 e. The highest BCUT2D eigenvalue weighted by molar-refractivity contribution is 5.97. The number of hydrogen-bond donors (Lipinski definition) is 1. The highest BCUT2D eigenvalue weighted by atomic mass is 35.5. The zero-order valence-corrected chi connectivity index (χ0v) is 19.5. The van der Waals surface area contributed by atoms with Crippen LogP contribution in [0.1, 0.15) is 24.5 Å². The van der Waals surface area contributed by atoms with Crippen LogP contribution in [0.15, 0.2) is 47.5 Å². The number of ether oxygens (including phenoxy) is 3. The van der Waals surface area contributed by atoms with Crippen LogP contribution in [-0.2, 0) is 6.54 Å². The quantitative estimate of drug-likeness (QED) is 0.458. The first-order chi connectivity index (χ1) is 15.2. The minimum Gasteiger partial charge on any atom is -0.494 e. The Kier molecular flexibility index (Phi) is 9.02. The van der Waals surface area contributed by atoms with Gasteiger partial charge in [-0.1, -0.05) is 13.0 Å². The van der Waals surface area contributed by atoms with Crippen LogP contribution in [-0.4, -0.2) is 68.3 Å². The lowest BCUT2D eigenvalue weighted by Gasteiger charge is -2.34. The zero-order valence-electron chi connectivity index (χ0n) is 18.7. The summed E-state index contributed by atoms with van der Waals surface area (Å²) in [5, 5.41) is 0. The van der Waals surface area contributed by atoms with Gasteiger partial charge in [0.05, 0.1) is 13.2 Å². The second-order valence-corrected chi connectivity index (χ2v) is 7.95. The third kappa shape index (κ3) is 6.51. The molecule has 2 aromatic rings. The van der Waals surface area contributed by atoms with Gasteiger partial charge in [0.15, 0.2) is 11.5 Å². The highest BCUT2D eigenvalue weighted by Crippen LogP contribution is 2.32. The summed E-state index contributed by atoms with van der Waals surface area (Å²) >= 11 is 0. The molecule has 0 aliphatic carbocycles. The molecule has 2 N–H and O–H groups in total. The van der Waals surface area contributed by atoms with Gasteiger partial charge in [-0.3, -0.25) is 14.8 Å². The van der Waals surface area contributed by atoms with Crippen molar-refractivity contribution in [2.45, 2.75) is 19.9 Å². The number of rotatable bonds is 9. The van der Waals surface area contributed by atoms with Crippen molar-refractivity contribution < 1.29 is 14.2 Å². The Morgan fingerprint density at radius 1 is 1.00 bits per heavy atom. The minimum atomic E-state index is 0. The van der Waals surface area contributed by atoms with E-state index in [0.29, 0.717) is 19.2 Å². The van der Waals surface area contributed by atoms with Gasteiger partial charge in [0.1, 0.15) is 11.6 Å². The standard InChI is InChI=1S/C24H32N4O3.ClH/c1-2-15-29-21-6-4-20(5-7-21)24(25)26-9-10-27-11-13-28(14-12-27)17-19-3-8-22-23(16-19)31-18-30-22;/h3-8,16H,2,9-15,17-18H2,1H3,(H2,25,26);1H. The summed E-state index contributed by atoms with van der Waals surface area (Å²) in [5.41, 5.74) is 8.38. The molecule has 0 radical (unpaired) electrons. The molecule has 2 aromatic carbocycles. The van der Waals surface area contributed by atoms with Crippen LogP contribution in [0.25, 0.3) is 0 Å². The molecule has 174 valence electrons. The average molecular weight is 461 g/mol. The molecule has 0 atom stereocenters. The van der Waals surface area contributed by atoms with Crippen molar-refractivity contribution in [2.75, 3.05) is 52.7 Å². The van der Waals surface area contributed by atoms with Crippen LogP contribution in [0.3, 0.4) is 0 Å². The maximum atomic E-state index is 6.17. The molecule has 0 unspecified atom stereocenters. The van der Waals surface area contributed by atoms with Crippen LogP contribution < -0.4 is 19.9 Å². The van der Waals surface area contributed by atoms with E-state index < -0.39 is 0 Å². The molecule has 0 amide bonds. The summed E-state index contributed by atoms with van der Waals surface area (Å²) in [4.78, 5) is 9.51. The minimum absolute atomic E-state index is 0. The predicted molar refractivity (Wildman–Crippen MR) is 129 cm³/mol. The fourth-order valence-electron chi connectivity index (χ4n) is 3.81. The molecule has 0 bridgehead atoms. The Labute approximate surface area is 196 Å². The van der Waals surface area contributed by atoms with Gasteiger partial charge in [0, 0.05) is 44.8 Å². The van der Waals surface area contributed by atoms with Crippen LogP contribution in [0.5, 0.6) is 17.2 Å². The summed E-state index contributed by atoms with van der Waals surface area (Å²) in [6.07, 6.45) is 0.998. The van der Waals surface area contributed by atoms with Crippen LogP contribution in [0.2, 0.25) is 0 Å². The van der Waals surface area contributed by atoms with Gasteiger partial charge >= 0.3 is 0 Å². The normalized spacial score (nSPS) is 16.6. The van der Waals surface area contributed by atoms with Gasteiger partial charge < -0.3 is 19.9 Å². The number of fused-ring (bicyclic) bond motifs is 1. The molecule has 7 nitrogen and oxygen atoms in total. The lowest BCUT2D eigenvalue weighted by Crippen LogP contribution is -2.46. The first kappa shape index (κ1) is 24.2. The van der Waals surface area contributed by atoms with Crippen molar-refractivity contribution >= 4 is 18.2 Å². The molecule has 0 aromatic heterocycles. The molecule has 32 heavy (non-hydrogen) atoms. The fourth-order valence-corrected chi connectivity index (χ4v) is 3.81. The van der Waals surface area contributed by atoms with Gasteiger partial charge in [0.25, 0.3) is 0 Å². The van der Waals surface area contributed by atoms with Crippen molar-refractivity contribution in [2.24, 2.45) is 10.7 Å². The van der Waals surface area contributed by atoms with Gasteiger partial charge in [0.2, 0.25) is 6.79 Å². The number of nitrogens with zero attached hydrogens (tertiary/aromatic N) is 3. The first-order valence-electron chi connectivity index (χ1n) is 11.1. The van der Waals surface area contributed by atoms with E-state index >= 15 is 0 Å². The van der Waals surface area contributed by atoms with Crippen molar-refractivity contribution in [3.8, 4) is 17.2 Å². The van der Waals surface area contributed by atoms with E-state index in [1.165, 1.54) is 5.56 Å². The number of aliphatic imine (C=N–C) groups is 1. The topological polar surface area (TPSA) is 72.6 Å². The summed E-state index contributed by atoms with van der Waals surface area (Å²) in [6, 6.07) is 14.1. The molecule has 0 spiro atoms. The molecular weight excluding hydrogens is 428 g/mol. The zero-order chi connectivity index (χ0) is 21.5. The molecule has 2 aliphatic rings. The predicted octanol–water partition coefficient (Wildman–Crippen LogP) is 3.15. The van der Waals surface area contributed by atoms with Gasteiger partial charge in [-0.2, -0.15) is 0 Å². The molecule has 1 saturated heterocycles. The van der Waals surface area contributed by atoms with E-state index in [2.05, 4.69) is 33.8 Å². The monoisotopic (exact) mass is 460 g/mol. The lowest BCUT2D eigenvalue weighted by atomic mass is 10.1. The number of hydrogen-bond acceptors (Lipinski definition) is 6. The number of amidine groups is 1. The van der Waals surface area contributed by atoms with Gasteiger partial charge in [-0.05, 0) is 48.4 Å². The van der Waals surface area contributed by atoms with E-state index in [9.17, 15) is 0 Å². The smallest absolute Gasteiger partial charge is 0.231 e. The largest absolute Gasteiger partial charge is 0.494 e. The van der Waals surface area contributed by atoms with Gasteiger partial charge in [-0.25, -0.2) is 0 Å². The second-order valence-electron chi connectivity index (χ2n) is 7.95. The number of benzene rings is 2. The summed E-state index contributed by atoms with van der Waals surface area (Å²) in [5.74, 6) is 3.16. The van der Waals surface area contributed by atoms with E-state index in [-0.39, 0.29) is 12.4 Å². The van der Waals surface area contributed by atoms with Crippen molar-refractivity contribution in [3.05, 3.63) is 53.6 Å². The first-order valence-corrected chi connectivity index (χ1v) is 11.1. The third-order valence-corrected chi connectivity index (χ3v) is 5.63.